The highest BCUT2D eigenvalue weighted by molar-refractivity contribution is 6.19. The summed E-state index contributed by atoms with van der Waals surface area (Å²) in [4.78, 5) is 39.7. The number of benzene rings is 3. The second-order valence-corrected chi connectivity index (χ2v) is 11.2. The molecule has 1 atom stereocenters. The molecule has 216 valence electrons. The molecule has 3 aromatic rings. The molecule has 3 aromatic carbocycles. The lowest BCUT2D eigenvalue weighted by Gasteiger charge is -2.27. The Balaban J connectivity index is 1.42. The number of aliphatic carboxylic acids is 1. The normalized spacial score (nSPS) is 15.7. The lowest BCUT2D eigenvalue weighted by Crippen LogP contribution is -2.41. The third-order valence-electron chi connectivity index (χ3n) is 7.01. The number of rotatable bonds is 5. The van der Waals surface area contributed by atoms with E-state index in [4.69, 9.17) is 14.2 Å². The smallest absolute Gasteiger partial charge is 0.422 e. The molecule has 0 fully saturated rings. The molecule has 10 heteroatoms. The fraction of sp³-hybridized carbons (Fsp3) is 0.312. The number of carboxylic acid groups (broad SMARTS) is 1. The number of carbonyl (C=O) groups is 3. The number of ether oxygens (including phenoxy) is 3. The van der Waals surface area contributed by atoms with Crippen LogP contribution in [0.3, 0.4) is 0 Å². The highest BCUT2D eigenvalue weighted by atomic mass is 16.6. The molecule has 0 bridgehead atoms. The number of carboxylic acids is 1. The van der Waals surface area contributed by atoms with Gasteiger partial charge in [-0.1, -0.05) is 6.07 Å². The van der Waals surface area contributed by atoms with E-state index in [1.165, 1.54) is 29.8 Å². The van der Waals surface area contributed by atoms with Crippen LogP contribution in [0.2, 0.25) is 0 Å². The van der Waals surface area contributed by atoms with Crippen LogP contribution in [0.25, 0.3) is 0 Å². The fourth-order valence-electron chi connectivity index (χ4n) is 4.99. The van der Waals surface area contributed by atoms with Gasteiger partial charge in [0.05, 0.1) is 23.8 Å². The first-order valence-corrected chi connectivity index (χ1v) is 13.7. The van der Waals surface area contributed by atoms with Gasteiger partial charge in [0.1, 0.15) is 28.9 Å². The highest BCUT2D eigenvalue weighted by Crippen LogP contribution is 2.40. The Labute approximate surface area is 243 Å². The van der Waals surface area contributed by atoms with E-state index in [1.54, 1.807) is 39.0 Å². The summed E-state index contributed by atoms with van der Waals surface area (Å²) in [6, 6.07) is 16.7. The average molecular weight is 570 g/mol. The molecule has 42 heavy (non-hydrogen) atoms. The van der Waals surface area contributed by atoms with Gasteiger partial charge in [-0.05, 0) is 93.7 Å². The maximum atomic E-state index is 13.7. The Hall–Kier alpha value is -4.88. The molecule has 0 saturated heterocycles. The van der Waals surface area contributed by atoms with E-state index in [2.05, 4.69) is 11.4 Å². The van der Waals surface area contributed by atoms with Crippen LogP contribution in [-0.4, -0.2) is 41.8 Å². The van der Waals surface area contributed by atoms with Crippen LogP contribution in [0, 0.1) is 11.3 Å². The first-order chi connectivity index (χ1) is 20.0. The molecular formula is C32H31N3O7. The summed E-state index contributed by atoms with van der Waals surface area (Å²) in [5.41, 5.74) is 2.58. The zero-order chi connectivity index (χ0) is 30.0. The minimum atomic E-state index is -0.982. The van der Waals surface area contributed by atoms with Gasteiger partial charge in [0, 0.05) is 23.7 Å². The quantitative estimate of drug-likeness (QED) is 0.406. The van der Waals surface area contributed by atoms with Crippen molar-refractivity contribution in [2.45, 2.75) is 51.7 Å². The van der Waals surface area contributed by atoms with Crippen molar-refractivity contribution in [3.05, 3.63) is 82.4 Å². The van der Waals surface area contributed by atoms with Crippen molar-refractivity contribution in [3.63, 3.8) is 0 Å². The standard InChI is InChI=1S/C32H31N3O7/c1-32(2,3)42-31(39)35(23-7-4-19-10-12-34-18-22(19)14-23)29(36)20-5-8-24(9-6-20)41-27-16-28-26(15-21(27)17-33)25(30(37)38)11-13-40-28/h4-9,14-16,25,34H,10-13,18H2,1-3H3,(H,37,38). The van der Waals surface area contributed by atoms with Crippen molar-refractivity contribution < 1.29 is 33.7 Å². The number of nitriles is 1. The summed E-state index contributed by atoms with van der Waals surface area (Å²) >= 11 is 0. The number of hydrogen-bond donors (Lipinski definition) is 2. The SMILES string of the molecule is CC(C)(C)OC(=O)N(C(=O)c1ccc(Oc2cc3c(cc2C#N)C(C(=O)O)CCO3)cc1)c1ccc2c(c1)CNCC2. The molecule has 2 N–H and O–H groups in total. The molecule has 0 saturated carbocycles. The summed E-state index contributed by atoms with van der Waals surface area (Å²) < 4.78 is 17.2. The minimum Gasteiger partial charge on any atom is -0.493 e. The van der Waals surface area contributed by atoms with Gasteiger partial charge in [-0.25, -0.2) is 9.69 Å². The summed E-state index contributed by atoms with van der Waals surface area (Å²) in [7, 11) is 0. The molecule has 5 rings (SSSR count). The second kappa shape index (κ2) is 11.5. The van der Waals surface area contributed by atoms with Gasteiger partial charge in [-0.2, -0.15) is 5.26 Å². The van der Waals surface area contributed by atoms with E-state index in [0.29, 0.717) is 35.7 Å². The molecule has 2 amide bonds. The zero-order valence-corrected chi connectivity index (χ0v) is 23.6. The largest absolute Gasteiger partial charge is 0.493 e. The van der Waals surface area contributed by atoms with Crippen molar-refractivity contribution in [2.24, 2.45) is 0 Å². The molecule has 2 heterocycles. The summed E-state index contributed by atoms with van der Waals surface area (Å²) in [6.45, 7) is 6.95. The van der Waals surface area contributed by atoms with Gasteiger partial charge in [0.25, 0.3) is 5.91 Å². The number of hydrogen-bond acceptors (Lipinski definition) is 8. The molecule has 1 unspecified atom stereocenters. The zero-order valence-electron chi connectivity index (χ0n) is 23.6. The maximum absolute atomic E-state index is 13.7. The molecule has 2 aliphatic heterocycles. The van der Waals surface area contributed by atoms with Crippen molar-refractivity contribution in [3.8, 4) is 23.3 Å². The van der Waals surface area contributed by atoms with E-state index >= 15 is 0 Å². The Morgan fingerprint density at radius 3 is 2.52 bits per heavy atom. The third kappa shape index (κ3) is 6.06. The van der Waals surface area contributed by atoms with E-state index in [-0.39, 0.29) is 23.5 Å². The van der Waals surface area contributed by atoms with E-state index in [1.807, 2.05) is 12.1 Å². The summed E-state index contributed by atoms with van der Waals surface area (Å²) in [6.07, 6.45) is 0.386. The first kappa shape index (κ1) is 28.6. The van der Waals surface area contributed by atoms with Crippen LogP contribution in [0.15, 0.2) is 54.6 Å². The Kier molecular flexibility index (Phi) is 7.87. The van der Waals surface area contributed by atoms with Crippen LogP contribution in [0.4, 0.5) is 10.5 Å². The number of carbonyl (C=O) groups excluding carboxylic acids is 2. The summed E-state index contributed by atoms with van der Waals surface area (Å²) in [5, 5.41) is 22.6. The summed E-state index contributed by atoms with van der Waals surface area (Å²) in [5.74, 6) is -1.44. The lowest BCUT2D eigenvalue weighted by atomic mass is 9.91. The predicted molar refractivity (Wildman–Crippen MR) is 153 cm³/mol. The molecule has 10 nitrogen and oxygen atoms in total. The van der Waals surface area contributed by atoms with Crippen molar-refractivity contribution >= 4 is 23.7 Å². The topological polar surface area (TPSA) is 138 Å². The van der Waals surface area contributed by atoms with Gasteiger partial charge in [0.2, 0.25) is 0 Å². The Bertz CT molecular complexity index is 1590. The Morgan fingerprint density at radius 2 is 1.83 bits per heavy atom. The number of imide groups is 1. The van der Waals surface area contributed by atoms with E-state index < -0.39 is 29.5 Å². The molecule has 0 aliphatic carbocycles. The van der Waals surface area contributed by atoms with Gasteiger partial charge in [-0.3, -0.25) is 9.59 Å². The van der Waals surface area contributed by atoms with Gasteiger partial charge < -0.3 is 24.6 Å². The van der Waals surface area contributed by atoms with Gasteiger partial charge in [-0.15, -0.1) is 0 Å². The second-order valence-electron chi connectivity index (χ2n) is 11.2. The van der Waals surface area contributed by atoms with Crippen molar-refractivity contribution in [2.75, 3.05) is 18.1 Å². The number of anilines is 1. The number of fused-ring (bicyclic) bond motifs is 2. The highest BCUT2D eigenvalue weighted by Gasteiger charge is 2.31. The van der Waals surface area contributed by atoms with Gasteiger partial charge >= 0.3 is 12.1 Å². The molecular weight excluding hydrogens is 538 g/mol. The van der Waals surface area contributed by atoms with Crippen molar-refractivity contribution in [1.29, 1.82) is 5.26 Å². The van der Waals surface area contributed by atoms with Crippen LogP contribution >= 0.6 is 0 Å². The van der Waals surface area contributed by atoms with Gasteiger partial charge in [0.15, 0.2) is 0 Å². The van der Waals surface area contributed by atoms with E-state index in [0.717, 1.165) is 23.4 Å². The van der Waals surface area contributed by atoms with E-state index in [9.17, 15) is 24.8 Å². The molecule has 2 aliphatic rings. The van der Waals surface area contributed by atoms with Crippen LogP contribution < -0.4 is 19.7 Å². The maximum Gasteiger partial charge on any atom is 0.422 e. The predicted octanol–water partition coefficient (Wildman–Crippen LogP) is 5.53. The van der Waals surface area contributed by atoms with Crippen LogP contribution in [-0.2, 0) is 22.5 Å². The third-order valence-corrected chi connectivity index (χ3v) is 7.01. The molecule has 0 aromatic heterocycles. The van der Waals surface area contributed by atoms with Crippen molar-refractivity contribution in [1.82, 2.24) is 5.32 Å². The minimum absolute atomic E-state index is 0.156. The Morgan fingerprint density at radius 1 is 1.07 bits per heavy atom. The average Bonchev–Trinajstić information content (AvgIpc) is 2.95. The number of nitrogens with one attached hydrogen (secondary N) is 1. The molecule has 0 spiro atoms. The fourth-order valence-corrected chi connectivity index (χ4v) is 4.99. The first-order valence-electron chi connectivity index (χ1n) is 13.7. The van der Waals surface area contributed by atoms with Crippen LogP contribution in [0.1, 0.15) is 65.7 Å². The lowest BCUT2D eigenvalue weighted by molar-refractivity contribution is -0.139. The monoisotopic (exact) mass is 569 g/mol. The number of nitrogens with zero attached hydrogens (tertiary/aromatic N) is 2. The molecule has 0 radical (unpaired) electrons. The number of amides is 2. The van der Waals surface area contributed by atoms with Crippen LogP contribution in [0.5, 0.6) is 17.2 Å².